The van der Waals surface area contributed by atoms with Crippen LogP contribution in [0.5, 0.6) is 0 Å². The number of benzene rings is 2. The Labute approximate surface area is 173 Å². The maximum absolute atomic E-state index is 12.7. The monoisotopic (exact) mass is 416 g/mol. The number of carbonyl (C=O) groups excluding carboxylic acids is 2. The molecule has 2 aromatic carbocycles. The van der Waals surface area contributed by atoms with Gasteiger partial charge in [-0.3, -0.25) is 19.7 Å². The number of halogens is 1. The van der Waals surface area contributed by atoms with Crippen LogP contribution in [-0.2, 0) is 0 Å². The molecule has 0 spiro atoms. The maximum Gasteiger partial charge on any atom is 0.293 e. The first-order valence-electron chi connectivity index (χ1n) is 9.14. The van der Waals surface area contributed by atoms with Crippen molar-refractivity contribution in [1.82, 2.24) is 4.90 Å². The van der Waals surface area contributed by atoms with Crippen molar-refractivity contribution < 1.29 is 14.5 Å². The van der Waals surface area contributed by atoms with E-state index in [1.165, 1.54) is 23.1 Å². The summed E-state index contributed by atoms with van der Waals surface area (Å²) in [6.45, 7) is 1.52. The Balaban J connectivity index is 1.87. The van der Waals surface area contributed by atoms with E-state index in [4.69, 9.17) is 11.6 Å². The van der Waals surface area contributed by atoms with Crippen LogP contribution in [-0.4, -0.2) is 48.8 Å². The van der Waals surface area contributed by atoms with Gasteiger partial charge in [0.2, 0.25) is 0 Å². The van der Waals surface area contributed by atoms with Crippen LogP contribution in [0.2, 0.25) is 5.02 Å². The summed E-state index contributed by atoms with van der Waals surface area (Å²) in [5, 5.41) is 14.4. The topological polar surface area (TPSA) is 95.8 Å². The standard InChI is InChI=1S/C20H21ClN4O4/c1-23(2)20(27)14-5-7-15(21)16(11-14)22-19(26)13-6-8-17(18(12-13)25(28)29)24-9-3-4-10-24/h5-8,11-12H,3-4,9-10H2,1-2H3,(H,22,26). The Morgan fingerprint density at radius 3 is 2.38 bits per heavy atom. The van der Waals surface area contributed by atoms with E-state index in [0.717, 1.165) is 25.9 Å². The highest BCUT2D eigenvalue weighted by Crippen LogP contribution is 2.32. The molecule has 0 radical (unpaired) electrons. The molecule has 9 heteroatoms. The predicted molar refractivity (Wildman–Crippen MR) is 112 cm³/mol. The summed E-state index contributed by atoms with van der Waals surface area (Å²) >= 11 is 6.15. The van der Waals surface area contributed by atoms with Crippen molar-refractivity contribution in [2.45, 2.75) is 12.8 Å². The molecule has 1 N–H and O–H groups in total. The van der Waals surface area contributed by atoms with E-state index in [1.54, 1.807) is 32.3 Å². The fourth-order valence-electron chi connectivity index (χ4n) is 3.24. The number of nitrogens with one attached hydrogen (secondary N) is 1. The van der Waals surface area contributed by atoms with Crippen molar-refractivity contribution in [2.24, 2.45) is 0 Å². The average molecular weight is 417 g/mol. The van der Waals surface area contributed by atoms with Crippen molar-refractivity contribution in [1.29, 1.82) is 0 Å². The average Bonchev–Trinajstić information content (AvgIpc) is 3.23. The molecule has 0 aromatic heterocycles. The van der Waals surface area contributed by atoms with Crippen molar-refractivity contribution in [3.05, 3.63) is 62.7 Å². The molecule has 2 aromatic rings. The maximum atomic E-state index is 12.7. The molecule has 8 nitrogen and oxygen atoms in total. The smallest absolute Gasteiger partial charge is 0.293 e. The highest BCUT2D eigenvalue weighted by Gasteiger charge is 2.24. The van der Waals surface area contributed by atoms with E-state index in [0.29, 0.717) is 11.3 Å². The Morgan fingerprint density at radius 1 is 1.10 bits per heavy atom. The minimum atomic E-state index is -0.544. The Bertz CT molecular complexity index is 971. The lowest BCUT2D eigenvalue weighted by atomic mass is 10.1. The van der Waals surface area contributed by atoms with Crippen LogP contribution in [0.15, 0.2) is 36.4 Å². The minimum Gasteiger partial charge on any atom is -0.366 e. The van der Waals surface area contributed by atoms with Crippen molar-refractivity contribution in [3.8, 4) is 0 Å². The third-order valence-electron chi connectivity index (χ3n) is 4.75. The largest absolute Gasteiger partial charge is 0.366 e. The lowest BCUT2D eigenvalue weighted by Crippen LogP contribution is -2.22. The molecular formula is C20H21ClN4O4. The Hall–Kier alpha value is -3.13. The SMILES string of the molecule is CN(C)C(=O)c1ccc(Cl)c(NC(=O)c2ccc(N3CCCC3)c([N+](=O)[O-])c2)c1. The number of hydrogen-bond acceptors (Lipinski definition) is 5. The van der Waals surface area contributed by atoms with Gasteiger partial charge in [-0.2, -0.15) is 0 Å². The van der Waals surface area contributed by atoms with E-state index in [2.05, 4.69) is 5.32 Å². The fourth-order valence-corrected chi connectivity index (χ4v) is 3.41. The van der Waals surface area contributed by atoms with Crippen LogP contribution in [0.1, 0.15) is 33.6 Å². The van der Waals surface area contributed by atoms with Gasteiger partial charge in [0.25, 0.3) is 17.5 Å². The molecule has 0 bridgehead atoms. The zero-order valence-electron chi connectivity index (χ0n) is 16.1. The molecule has 0 aliphatic carbocycles. The summed E-state index contributed by atoms with van der Waals surface area (Å²) in [6.07, 6.45) is 1.97. The molecular weight excluding hydrogens is 396 g/mol. The number of anilines is 2. The van der Waals surface area contributed by atoms with Gasteiger partial charge in [-0.15, -0.1) is 0 Å². The van der Waals surface area contributed by atoms with Gasteiger partial charge in [-0.1, -0.05) is 11.6 Å². The molecule has 1 aliphatic heterocycles. The molecule has 29 heavy (non-hydrogen) atoms. The number of nitro benzene ring substituents is 1. The number of carbonyl (C=O) groups is 2. The molecule has 0 saturated carbocycles. The van der Waals surface area contributed by atoms with Crippen molar-refractivity contribution in [3.63, 3.8) is 0 Å². The zero-order chi connectivity index (χ0) is 21.1. The third-order valence-corrected chi connectivity index (χ3v) is 5.08. The minimum absolute atomic E-state index is 0.109. The van der Waals surface area contributed by atoms with Gasteiger partial charge in [0.05, 0.1) is 15.6 Å². The quantitative estimate of drug-likeness (QED) is 0.590. The second-order valence-corrected chi connectivity index (χ2v) is 7.41. The van der Waals surface area contributed by atoms with Crippen LogP contribution in [0.4, 0.5) is 17.1 Å². The normalized spacial score (nSPS) is 13.3. The molecule has 2 amide bonds. The predicted octanol–water partition coefficient (Wildman–Crippen LogP) is 3.80. The molecule has 1 fully saturated rings. The van der Waals surface area contributed by atoms with Gasteiger partial charge in [0.15, 0.2) is 0 Å². The van der Waals surface area contributed by atoms with Gasteiger partial charge in [-0.25, -0.2) is 0 Å². The highest BCUT2D eigenvalue weighted by molar-refractivity contribution is 6.34. The number of rotatable bonds is 5. The summed E-state index contributed by atoms with van der Waals surface area (Å²) in [7, 11) is 3.24. The fraction of sp³-hybridized carbons (Fsp3) is 0.300. The van der Waals surface area contributed by atoms with E-state index in [-0.39, 0.29) is 27.9 Å². The summed E-state index contributed by atoms with van der Waals surface area (Å²) < 4.78 is 0. The first kappa shape index (κ1) is 20.6. The van der Waals surface area contributed by atoms with E-state index >= 15 is 0 Å². The number of amides is 2. The number of hydrogen-bond donors (Lipinski definition) is 1. The third kappa shape index (κ3) is 4.48. The lowest BCUT2D eigenvalue weighted by molar-refractivity contribution is -0.384. The molecule has 152 valence electrons. The second kappa shape index (κ2) is 8.48. The molecule has 0 atom stereocenters. The van der Waals surface area contributed by atoms with Crippen LogP contribution in [0.25, 0.3) is 0 Å². The molecule has 0 unspecified atom stereocenters. The summed E-state index contributed by atoms with van der Waals surface area (Å²) in [4.78, 5) is 39.2. The first-order chi connectivity index (χ1) is 13.8. The van der Waals surface area contributed by atoms with E-state index in [9.17, 15) is 19.7 Å². The summed E-state index contributed by atoms with van der Waals surface area (Å²) in [5.41, 5.74) is 1.17. The van der Waals surface area contributed by atoms with Crippen LogP contribution < -0.4 is 10.2 Å². The molecule has 1 saturated heterocycles. The Morgan fingerprint density at radius 2 is 1.76 bits per heavy atom. The summed E-state index contributed by atoms with van der Waals surface area (Å²) in [6, 6.07) is 8.99. The van der Waals surface area contributed by atoms with Crippen molar-refractivity contribution >= 4 is 40.5 Å². The van der Waals surface area contributed by atoms with Crippen LogP contribution in [0, 0.1) is 10.1 Å². The second-order valence-electron chi connectivity index (χ2n) is 7.00. The zero-order valence-corrected chi connectivity index (χ0v) is 16.9. The van der Waals surface area contributed by atoms with E-state index < -0.39 is 10.8 Å². The highest BCUT2D eigenvalue weighted by atomic mass is 35.5. The molecule has 1 aliphatic rings. The first-order valence-corrected chi connectivity index (χ1v) is 9.51. The lowest BCUT2D eigenvalue weighted by Gasteiger charge is -2.18. The van der Waals surface area contributed by atoms with Gasteiger partial charge in [0.1, 0.15) is 5.69 Å². The molecule has 3 rings (SSSR count). The van der Waals surface area contributed by atoms with Crippen molar-refractivity contribution in [2.75, 3.05) is 37.4 Å². The van der Waals surface area contributed by atoms with E-state index in [1.807, 2.05) is 4.90 Å². The van der Waals surface area contributed by atoms with Gasteiger partial charge in [0, 0.05) is 44.4 Å². The van der Waals surface area contributed by atoms with Gasteiger partial charge >= 0.3 is 0 Å². The van der Waals surface area contributed by atoms with Crippen LogP contribution >= 0.6 is 11.6 Å². The number of nitro groups is 1. The number of nitrogens with zero attached hydrogens (tertiary/aromatic N) is 3. The van der Waals surface area contributed by atoms with Gasteiger partial charge < -0.3 is 15.1 Å². The van der Waals surface area contributed by atoms with Gasteiger partial charge in [-0.05, 0) is 43.2 Å². The summed E-state index contributed by atoms with van der Waals surface area (Å²) in [5.74, 6) is -0.778. The Kier molecular flexibility index (Phi) is 6.03. The van der Waals surface area contributed by atoms with Crippen LogP contribution in [0.3, 0.4) is 0 Å². The molecule has 1 heterocycles.